The molecule has 100 valence electrons. The number of nitrogens with one attached hydrogen (secondary N) is 1. The van der Waals surface area contributed by atoms with E-state index >= 15 is 0 Å². The van der Waals surface area contributed by atoms with E-state index in [-0.39, 0.29) is 0 Å². The van der Waals surface area contributed by atoms with E-state index in [9.17, 15) is 14.4 Å². The van der Waals surface area contributed by atoms with E-state index in [4.69, 9.17) is 5.11 Å². The lowest BCUT2D eigenvalue weighted by Gasteiger charge is -2.25. The fraction of sp³-hybridized carbons (Fsp3) is 0.545. The molecule has 1 heterocycles. The summed E-state index contributed by atoms with van der Waals surface area (Å²) in [4.78, 5) is 35.3. The first kappa shape index (κ1) is 14.0. The number of rotatable bonds is 4. The Balaban J connectivity index is 2.74. The highest BCUT2D eigenvalue weighted by Crippen LogP contribution is 2.18. The van der Waals surface area contributed by atoms with E-state index < -0.39 is 30.1 Å². The van der Waals surface area contributed by atoms with Gasteiger partial charge >= 0.3 is 12.1 Å². The lowest BCUT2D eigenvalue weighted by Crippen LogP contribution is -2.50. The fourth-order valence-electron chi connectivity index (χ4n) is 1.87. The van der Waals surface area contributed by atoms with Crippen molar-refractivity contribution in [2.45, 2.75) is 24.9 Å². The zero-order chi connectivity index (χ0) is 13.7. The molecule has 0 aliphatic carbocycles. The van der Waals surface area contributed by atoms with Crippen LogP contribution < -0.4 is 5.32 Å². The zero-order valence-electron chi connectivity index (χ0n) is 10.1. The van der Waals surface area contributed by atoms with Crippen molar-refractivity contribution in [3.8, 4) is 0 Å². The van der Waals surface area contributed by atoms with Crippen LogP contribution in [0.5, 0.6) is 0 Å². The molecular formula is C11H16N2O5. The maximum atomic E-state index is 12.1. The van der Waals surface area contributed by atoms with Crippen LogP contribution in [0.3, 0.4) is 0 Å². The number of hydrogen-bond acceptors (Lipinski definition) is 4. The Hall–Kier alpha value is -2.05. The third kappa shape index (κ3) is 2.99. The Kier molecular flexibility index (Phi) is 4.70. The second-order valence-corrected chi connectivity index (χ2v) is 3.88. The zero-order valence-corrected chi connectivity index (χ0v) is 10.1. The summed E-state index contributed by atoms with van der Waals surface area (Å²) in [6, 6.07) is -1.81. The van der Waals surface area contributed by atoms with Crippen LogP contribution in [0.4, 0.5) is 4.79 Å². The molecule has 0 aromatic heterocycles. The van der Waals surface area contributed by atoms with E-state index in [2.05, 4.69) is 16.6 Å². The number of aliphatic carboxylic acids is 1. The minimum absolute atomic E-state index is 0.364. The normalized spacial score (nSPS) is 20.1. The maximum absolute atomic E-state index is 12.1. The van der Waals surface area contributed by atoms with Crippen molar-refractivity contribution in [1.29, 1.82) is 0 Å². The van der Waals surface area contributed by atoms with Gasteiger partial charge in [-0.15, -0.1) is 6.58 Å². The number of ether oxygens (including phenoxy) is 1. The molecule has 1 aliphatic rings. The van der Waals surface area contributed by atoms with Crippen molar-refractivity contribution in [3.05, 3.63) is 12.7 Å². The van der Waals surface area contributed by atoms with Gasteiger partial charge in [-0.3, -0.25) is 4.79 Å². The second kappa shape index (κ2) is 6.04. The van der Waals surface area contributed by atoms with Crippen LogP contribution in [0.2, 0.25) is 0 Å². The molecule has 1 saturated heterocycles. The van der Waals surface area contributed by atoms with Gasteiger partial charge in [0.15, 0.2) is 0 Å². The van der Waals surface area contributed by atoms with Crippen LogP contribution in [-0.4, -0.2) is 53.7 Å². The predicted molar refractivity (Wildman–Crippen MR) is 61.9 cm³/mol. The Labute approximate surface area is 104 Å². The minimum atomic E-state index is -1.04. The van der Waals surface area contributed by atoms with E-state index in [1.165, 1.54) is 18.1 Å². The summed E-state index contributed by atoms with van der Waals surface area (Å²) in [5, 5.41) is 11.3. The number of carboxylic acid groups (broad SMARTS) is 1. The molecule has 2 amide bonds. The van der Waals surface area contributed by atoms with Gasteiger partial charge < -0.3 is 20.1 Å². The number of amides is 2. The van der Waals surface area contributed by atoms with Gasteiger partial charge in [-0.1, -0.05) is 6.08 Å². The van der Waals surface area contributed by atoms with E-state index in [1.54, 1.807) is 0 Å². The summed E-state index contributed by atoms with van der Waals surface area (Å²) in [6.07, 6.45) is 1.53. The number of carboxylic acids is 1. The van der Waals surface area contributed by atoms with E-state index in [1.807, 2.05) is 0 Å². The van der Waals surface area contributed by atoms with E-state index in [0.717, 1.165) is 0 Å². The molecule has 1 fully saturated rings. The quantitative estimate of drug-likeness (QED) is 0.689. The van der Waals surface area contributed by atoms with E-state index in [0.29, 0.717) is 19.4 Å². The predicted octanol–water partition coefficient (Wildman–Crippen LogP) is -0.0274. The molecule has 7 heteroatoms. The fourth-order valence-corrected chi connectivity index (χ4v) is 1.87. The Morgan fingerprint density at radius 2 is 2.22 bits per heavy atom. The Morgan fingerprint density at radius 3 is 2.72 bits per heavy atom. The summed E-state index contributed by atoms with van der Waals surface area (Å²) in [7, 11) is 1.18. The summed E-state index contributed by atoms with van der Waals surface area (Å²) in [6.45, 7) is 3.81. The third-order valence-corrected chi connectivity index (χ3v) is 2.78. The van der Waals surface area contributed by atoms with Crippen molar-refractivity contribution >= 4 is 18.0 Å². The maximum Gasteiger partial charge on any atom is 0.407 e. The van der Waals surface area contributed by atoms with Crippen LogP contribution in [0.25, 0.3) is 0 Å². The number of likely N-dealkylation sites (tertiary alicyclic amines) is 1. The van der Waals surface area contributed by atoms with Crippen LogP contribution in [0, 0.1) is 0 Å². The molecule has 2 atom stereocenters. The van der Waals surface area contributed by atoms with Gasteiger partial charge in [0.25, 0.3) is 0 Å². The van der Waals surface area contributed by atoms with Gasteiger partial charge in [0, 0.05) is 6.54 Å². The Morgan fingerprint density at radius 1 is 1.56 bits per heavy atom. The Bertz CT molecular complexity index is 368. The molecular weight excluding hydrogens is 240 g/mol. The SMILES string of the molecule is C=CC(NC(=O)OC)C(=O)N1CCCC1C(=O)O. The van der Waals surface area contributed by atoms with Gasteiger partial charge in [-0.05, 0) is 12.8 Å². The van der Waals surface area contributed by atoms with Gasteiger partial charge in [-0.25, -0.2) is 9.59 Å². The summed E-state index contributed by atoms with van der Waals surface area (Å²) >= 11 is 0. The largest absolute Gasteiger partial charge is 0.480 e. The molecule has 0 bridgehead atoms. The van der Waals surface area contributed by atoms with Crippen molar-refractivity contribution in [2.75, 3.05) is 13.7 Å². The number of carbonyl (C=O) groups is 3. The highest BCUT2D eigenvalue weighted by atomic mass is 16.5. The number of alkyl carbamates (subject to hydrolysis) is 1. The molecule has 1 aliphatic heterocycles. The highest BCUT2D eigenvalue weighted by Gasteiger charge is 2.36. The molecule has 0 saturated carbocycles. The van der Waals surface area contributed by atoms with Crippen LogP contribution in [0.15, 0.2) is 12.7 Å². The van der Waals surface area contributed by atoms with Gasteiger partial charge in [-0.2, -0.15) is 0 Å². The van der Waals surface area contributed by atoms with Gasteiger partial charge in [0.05, 0.1) is 7.11 Å². The molecule has 7 nitrogen and oxygen atoms in total. The standard InChI is InChI=1S/C11H16N2O5/c1-3-7(12-11(17)18-2)9(14)13-6-4-5-8(13)10(15)16/h3,7-8H,1,4-6H2,2H3,(H,12,17)(H,15,16). The smallest absolute Gasteiger partial charge is 0.407 e. The van der Waals surface area contributed by atoms with Crippen molar-refractivity contribution in [3.63, 3.8) is 0 Å². The lowest BCUT2D eigenvalue weighted by molar-refractivity contribution is -0.148. The molecule has 0 radical (unpaired) electrons. The lowest BCUT2D eigenvalue weighted by atomic mass is 10.2. The number of carbonyl (C=O) groups excluding carboxylic acids is 2. The molecule has 1 rings (SSSR count). The van der Waals surface area contributed by atoms with Crippen molar-refractivity contribution < 1.29 is 24.2 Å². The van der Waals surface area contributed by atoms with Crippen LogP contribution in [-0.2, 0) is 14.3 Å². The van der Waals surface area contributed by atoms with Crippen molar-refractivity contribution in [1.82, 2.24) is 10.2 Å². The first-order valence-electron chi connectivity index (χ1n) is 5.51. The van der Waals surface area contributed by atoms with Crippen LogP contribution in [0.1, 0.15) is 12.8 Å². The summed E-state index contributed by atoms with van der Waals surface area (Å²) in [5.74, 6) is -1.53. The van der Waals surface area contributed by atoms with Crippen molar-refractivity contribution in [2.24, 2.45) is 0 Å². The number of methoxy groups -OCH3 is 1. The number of nitrogens with zero attached hydrogens (tertiary/aromatic N) is 1. The first-order valence-corrected chi connectivity index (χ1v) is 5.51. The second-order valence-electron chi connectivity index (χ2n) is 3.88. The third-order valence-electron chi connectivity index (χ3n) is 2.78. The number of hydrogen-bond donors (Lipinski definition) is 2. The van der Waals surface area contributed by atoms with Crippen LogP contribution >= 0.6 is 0 Å². The van der Waals surface area contributed by atoms with Gasteiger partial charge in [0.1, 0.15) is 12.1 Å². The minimum Gasteiger partial charge on any atom is -0.480 e. The molecule has 18 heavy (non-hydrogen) atoms. The molecule has 0 aromatic rings. The first-order chi connectivity index (χ1) is 8.51. The monoisotopic (exact) mass is 256 g/mol. The molecule has 0 aromatic carbocycles. The summed E-state index contributed by atoms with van der Waals surface area (Å²) in [5.41, 5.74) is 0. The molecule has 2 unspecified atom stereocenters. The molecule has 0 spiro atoms. The molecule has 2 N–H and O–H groups in total. The topological polar surface area (TPSA) is 95.9 Å². The highest BCUT2D eigenvalue weighted by molar-refractivity contribution is 5.91. The average Bonchev–Trinajstić information content (AvgIpc) is 2.83. The average molecular weight is 256 g/mol. The summed E-state index contributed by atoms with van der Waals surface area (Å²) < 4.78 is 4.38. The van der Waals surface area contributed by atoms with Gasteiger partial charge in [0.2, 0.25) is 5.91 Å².